The Labute approximate surface area is 115 Å². The lowest BCUT2D eigenvalue weighted by Gasteiger charge is -2.28. The summed E-state index contributed by atoms with van der Waals surface area (Å²) < 4.78 is 26.9. The van der Waals surface area contributed by atoms with Crippen molar-refractivity contribution in [1.29, 1.82) is 0 Å². The maximum atomic E-state index is 12.1. The van der Waals surface area contributed by atoms with Crippen molar-refractivity contribution in [2.75, 3.05) is 12.3 Å². The molecular formula is C13H23N3O2S. The molecule has 1 aromatic rings. The van der Waals surface area contributed by atoms with Crippen LogP contribution in [0, 0.1) is 0 Å². The van der Waals surface area contributed by atoms with Crippen LogP contribution in [-0.2, 0) is 16.4 Å². The second-order valence-corrected chi connectivity index (χ2v) is 6.82. The minimum Gasteiger partial charge on any atom is -0.330 e. The molecule has 0 saturated heterocycles. The van der Waals surface area contributed by atoms with Crippen LogP contribution < -0.4 is 10.5 Å². The van der Waals surface area contributed by atoms with Gasteiger partial charge in [0.05, 0.1) is 5.75 Å². The predicted molar refractivity (Wildman–Crippen MR) is 77.2 cm³/mol. The Morgan fingerprint density at radius 2 is 2.00 bits per heavy atom. The Balaban J connectivity index is 2.61. The van der Waals surface area contributed by atoms with Gasteiger partial charge < -0.3 is 5.73 Å². The molecule has 0 radical (unpaired) electrons. The van der Waals surface area contributed by atoms with Gasteiger partial charge in [0.15, 0.2) is 0 Å². The first-order valence-electron chi connectivity index (χ1n) is 6.51. The fraction of sp³-hybridized carbons (Fsp3) is 0.615. The molecule has 3 N–H and O–H groups in total. The van der Waals surface area contributed by atoms with E-state index in [9.17, 15) is 8.42 Å². The third kappa shape index (κ3) is 5.67. The monoisotopic (exact) mass is 285 g/mol. The quantitative estimate of drug-likeness (QED) is 0.748. The first kappa shape index (κ1) is 16.1. The highest BCUT2D eigenvalue weighted by Gasteiger charge is 2.26. The van der Waals surface area contributed by atoms with Crippen LogP contribution in [0.4, 0.5) is 0 Å². The Morgan fingerprint density at radius 1 is 1.37 bits per heavy atom. The zero-order valence-electron chi connectivity index (χ0n) is 11.6. The molecule has 1 rings (SSSR count). The van der Waals surface area contributed by atoms with Crippen molar-refractivity contribution >= 4 is 10.0 Å². The summed E-state index contributed by atoms with van der Waals surface area (Å²) in [6.45, 7) is 4.32. The van der Waals surface area contributed by atoms with Crippen molar-refractivity contribution in [3.05, 3.63) is 30.1 Å². The lowest BCUT2D eigenvalue weighted by atomic mass is 9.96. The van der Waals surface area contributed by atoms with Crippen LogP contribution in [0.2, 0.25) is 0 Å². The van der Waals surface area contributed by atoms with E-state index in [0.29, 0.717) is 19.4 Å². The van der Waals surface area contributed by atoms with Crippen molar-refractivity contribution in [1.82, 2.24) is 9.71 Å². The number of nitrogens with one attached hydrogen (secondary N) is 1. The van der Waals surface area contributed by atoms with Crippen LogP contribution in [0.15, 0.2) is 24.5 Å². The van der Waals surface area contributed by atoms with E-state index in [1.165, 1.54) is 0 Å². The third-order valence-corrected chi connectivity index (χ3v) is 4.83. The maximum Gasteiger partial charge on any atom is 0.212 e. The summed E-state index contributed by atoms with van der Waals surface area (Å²) in [5.41, 5.74) is 6.05. The number of rotatable bonds is 8. The van der Waals surface area contributed by atoms with Crippen LogP contribution >= 0.6 is 0 Å². The van der Waals surface area contributed by atoms with Gasteiger partial charge in [-0.05, 0) is 50.4 Å². The summed E-state index contributed by atoms with van der Waals surface area (Å²) in [5.74, 6) is 0.0805. The average molecular weight is 285 g/mol. The molecule has 0 amide bonds. The zero-order chi connectivity index (χ0) is 14.4. The van der Waals surface area contributed by atoms with Gasteiger partial charge in [-0.25, -0.2) is 13.1 Å². The van der Waals surface area contributed by atoms with Gasteiger partial charge in [0, 0.05) is 17.9 Å². The number of nitrogens with zero attached hydrogens (tertiary/aromatic N) is 1. The smallest absolute Gasteiger partial charge is 0.212 e. The first-order valence-corrected chi connectivity index (χ1v) is 8.16. The minimum atomic E-state index is -3.30. The van der Waals surface area contributed by atoms with Crippen molar-refractivity contribution < 1.29 is 8.42 Å². The number of sulfonamides is 1. The number of pyridine rings is 1. The first-order chi connectivity index (χ1) is 8.91. The van der Waals surface area contributed by atoms with E-state index in [4.69, 9.17) is 5.73 Å². The number of hydrogen-bond donors (Lipinski definition) is 2. The molecule has 0 aromatic carbocycles. The summed E-state index contributed by atoms with van der Waals surface area (Å²) in [6, 6.07) is 3.66. The lowest BCUT2D eigenvalue weighted by molar-refractivity contribution is 0.379. The van der Waals surface area contributed by atoms with Gasteiger partial charge in [0.1, 0.15) is 0 Å². The summed E-state index contributed by atoms with van der Waals surface area (Å²) in [6.07, 6.45) is 5.18. The van der Waals surface area contributed by atoms with E-state index >= 15 is 0 Å². The van der Waals surface area contributed by atoms with E-state index in [-0.39, 0.29) is 5.75 Å². The lowest BCUT2D eigenvalue weighted by Crippen LogP contribution is -2.47. The van der Waals surface area contributed by atoms with Crippen molar-refractivity contribution in [2.45, 2.75) is 38.6 Å². The maximum absolute atomic E-state index is 12.1. The Bertz CT molecular complexity index is 476. The summed E-state index contributed by atoms with van der Waals surface area (Å²) >= 11 is 0. The van der Waals surface area contributed by atoms with Crippen molar-refractivity contribution in [3.63, 3.8) is 0 Å². The molecule has 0 aliphatic heterocycles. The van der Waals surface area contributed by atoms with E-state index < -0.39 is 15.6 Å². The van der Waals surface area contributed by atoms with Gasteiger partial charge in [-0.3, -0.25) is 4.98 Å². The minimum absolute atomic E-state index is 0.0805. The standard InChI is InChI=1S/C13H23N3O2S/c1-3-13(2,7-8-14)16-19(17,18)11-6-12-4-9-15-10-5-12/h4-5,9-10,16H,3,6-8,11,14H2,1-2H3. The molecule has 0 aliphatic rings. The summed E-state index contributed by atoms with van der Waals surface area (Å²) in [7, 11) is -3.30. The van der Waals surface area contributed by atoms with Crippen LogP contribution in [0.3, 0.4) is 0 Å². The normalized spacial score (nSPS) is 15.1. The molecule has 1 atom stereocenters. The number of aromatic nitrogens is 1. The van der Waals surface area contributed by atoms with E-state index in [0.717, 1.165) is 12.0 Å². The molecule has 5 nitrogen and oxygen atoms in total. The third-order valence-electron chi connectivity index (χ3n) is 3.29. The fourth-order valence-electron chi connectivity index (χ4n) is 1.85. The predicted octanol–water partition coefficient (Wildman–Crippen LogP) is 1.06. The summed E-state index contributed by atoms with van der Waals surface area (Å²) in [4.78, 5) is 3.91. The van der Waals surface area contributed by atoms with Gasteiger partial charge in [-0.1, -0.05) is 6.92 Å². The Morgan fingerprint density at radius 3 is 2.53 bits per heavy atom. The molecule has 6 heteroatoms. The van der Waals surface area contributed by atoms with Gasteiger partial charge in [0.25, 0.3) is 0 Å². The van der Waals surface area contributed by atoms with Crippen LogP contribution in [0.1, 0.15) is 32.3 Å². The molecular weight excluding hydrogens is 262 g/mol. The number of aryl methyl sites for hydroxylation is 1. The second-order valence-electron chi connectivity index (χ2n) is 4.98. The molecule has 108 valence electrons. The fourth-order valence-corrected chi connectivity index (χ4v) is 3.45. The zero-order valence-corrected chi connectivity index (χ0v) is 12.4. The summed E-state index contributed by atoms with van der Waals surface area (Å²) in [5, 5.41) is 0. The molecule has 19 heavy (non-hydrogen) atoms. The van der Waals surface area contributed by atoms with Crippen molar-refractivity contribution in [2.24, 2.45) is 5.73 Å². The van der Waals surface area contributed by atoms with Gasteiger partial charge in [0.2, 0.25) is 10.0 Å². The molecule has 0 aliphatic carbocycles. The van der Waals surface area contributed by atoms with Crippen LogP contribution in [0.5, 0.6) is 0 Å². The molecule has 0 saturated carbocycles. The highest BCUT2D eigenvalue weighted by Crippen LogP contribution is 2.15. The van der Waals surface area contributed by atoms with E-state index in [1.807, 2.05) is 26.0 Å². The topological polar surface area (TPSA) is 85.1 Å². The van der Waals surface area contributed by atoms with Gasteiger partial charge >= 0.3 is 0 Å². The Kier molecular flexibility index (Phi) is 5.90. The highest BCUT2D eigenvalue weighted by atomic mass is 32.2. The number of nitrogens with two attached hydrogens (primary N) is 1. The van der Waals surface area contributed by atoms with Crippen molar-refractivity contribution in [3.8, 4) is 0 Å². The molecule has 1 unspecified atom stereocenters. The Hall–Kier alpha value is -0.980. The second kappa shape index (κ2) is 6.98. The van der Waals surface area contributed by atoms with E-state index in [1.54, 1.807) is 12.4 Å². The molecule has 0 spiro atoms. The van der Waals surface area contributed by atoms with E-state index in [2.05, 4.69) is 9.71 Å². The SMILES string of the molecule is CCC(C)(CCN)NS(=O)(=O)CCc1ccncc1. The molecule has 0 bridgehead atoms. The number of hydrogen-bond acceptors (Lipinski definition) is 4. The van der Waals surface area contributed by atoms with Crippen LogP contribution in [-0.4, -0.2) is 31.2 Å². The van der Waals surface area contributed by atoms with Crippen LogP contribution in [0.25, 0.3) is 0 Å². The average Bonchev–Trinajstić information content (AvgIpc) is 2.37. The molecule has 1 heterocycles. The van der Waals surface area contributed by atoms with Gasteiger partial charge in [-0.2, -0.15) is 0 Å². The largest absolute Gasteiger partial charge is 0.330 e. The molecule has 0 fully saturated rings. The highest BCUT2D eigenvalue weighted by molar-refractivity contribution is 7.89. The van der Waals surface area contributed by atoms with Gasteiger partial charge in [-0.15, -0.1) is 0 Å². The molecule has 1 aromatic heterocycles.